The molecule has 0 saturated heterocycles. The van der Waals surface area contributed by atoms with Crippen LogP contribution in [0.1, 0.15) is 0 Å². The summed E-state index contributed by atoms with van der Waals surface area (Å²) in [7, 11) is 1.43. The van der Waals surface area contributed by atoms with Crippen molar-refractivity contribution in [2.45, 2.75) is 4.90 Å². The Balaban J connectivity index is 2.17. The van der Waals surface area contributed by atoms with E-state index in [1.54, 1.807) is 12.1 Å². The number of hydrogen-bond acceptors (Lipinski definition) is 3. The monoisotopic (exact) mass is 237 g/mol. The van der Waals surface area contributed by atoms with Crippen LogP contribution in [0.25, 0.3) is 0 Å². The van der Waals surface area contributed by atoms with Crippen LogP contribution in [0.2, 0.25) is 0 Å². The molecular weight excluding hydrogens is 229 g/mol. The van der Waals surface area contributed by atoms with Crippen molar-refractivity contribution in [3.8, 4) is 0 Å². The lowest BCUT2D eigenvalue weighted by Crippen LogP contribution is -2.25. The summed E-state index contributed by atoms with van der Waals surface area (Å²) in [5.41, 5.74) is 0. The van der Waals surface area contributed by atoms with E-state index in [-0.39, 0.29) is 17.6 Å². The van der Waals surface area contributed by atoms with E-state index in [0.29, 0.717) is 4.91 Å². The number of likely N-dealkylation sites (N-methyl/N-ethyl adjacent to an activating group) is 1. The minimum absolute atomic E-state index is 0.320. The summed E-state index contributed by atoms with van der Waals surface area (Å²) in [5.74, 6) is -0.974. The Kier molecular flexibility index (Phi) is 2.78. The highest BCUT2D eigenvalue weighted by Gasteiger charge is 2.28. The van der Waals surface area contributed by atoms with Gasteiger partial charge in [0, 0.05) is 18.0 Å². The van der Waals surface area contributed by atoms with Gasteiger partial charge in [0.05, 0.1) is 4.91 Å². The van der Waals surface area contributed by atoms with E-state index < -0.39 is 0 Å². The molecule has 16 heavy (non-hydrogen) atoms. The van der Waals surface area contributed by atoms with Crippen molar-refractivity contribution in [1.82, 2.24) is 4.90 Å². The zero-order valence-electron chi connectivity index (χ0n) is 8.44. The topological polar surface area (TPSA) is 37.4 Å². The molecule has 0 radical (unpaired) electrons. The molecule has 0 spiro atoms. The molecule has 0 bridgehead atoms. The first kappa shape index (κ1) is 10.9. The van der Waals surface area contributed by atoms with Crippen LogP contribution in [0.5, 0.6) is 0 Å². The van der Waals surface area contributed by atoms with E-state index in [1.807, 2.05) is 0 Å². The van der Waals surface area contributed by atoms with Crippen LogP contribution in [0.15, 0.2) is 40.1 Å². The molecular formula is C11H8FNO2S. The van der Waals surface area contributed by atoms with Gasteiger partial charge in [-0.2, -0.15) is 0 Å². The van der Waals surface area contributed by atoms with Gasteiger partial charge in [0.25, 0.3) is 11.8 Å². The van der Waals surface area contributed by atoms with Gasteiger partial charge < -0.3 is 0 Å². The lowest BCUT2D eigenvalue weighted by molar-refractivity contribution is -0.135. The van der Waals surface area contributed by atoms with Crippen LogP contribution >= 0.6 is 11.8 Å². The van der Waals surface area contributed by atoms with Crippen LogP contribution in [-0.4, -0.2) is 23.8 Å². The van der Waals surface area contributed by atoms with Gasteiger partial charge in [-0.1, -0.05) is 11.8 Å². The predicted molar refractivity (Wildman–Crippen MR) is 58.1 cm³/mol. The quantitative estimate of drug-likeness (QED) is 0.736. The molecule has 2 amide bonds. The molecule has 0 N–H and O–H groups in total. The van der Waals surface area contributed by atoms with E-state index in [1.165, 1.54) is 25.3 Å². The first-order valence-electron chi connectivity index (χ1n) is 4.55. The molecule has 0 saturated carbocycles. The summed E-state index contributed by atoms with van der Waals surface area (Å²) in [4.78, 5) is 24.9. The maximum atomic E-state index is 12.6. The lowest BCUT2D eigenvalue weighted by atomic mass is 10.4. The molecule has 0 aliphatic carbocycles. The Hall–Kier alpha value is -1.62. The summed E-state index contributed by atoms with van der Waals surface area (Å²) in [6.45, 7) is 0. The number of halogens is 1. The third kappa shape index (κ3) is 1.99. The molecule has 1 aliphatic rings. The van der Waals surface area contributed by atoms with Crippen molar-refractivity contribution in [2.24, 2.45) is 0 Å². The maximum Gasteiger partial charge on any atom is 0.267 e. The van der Waals surface area contributed by atoms with E-state index in [4.69, 9.17) is 0 Å². The Bertz CT molecular complexity index is 481. The number of amides is 2. The van der Waals surface area contributed by atoms with Crippen LogP contribution in [0.3, 0.4) is 0 Å². The summed E-state index contributed by atoms with van der Waals surface area (Å²) < 4.78 is 12.6. The van der Waals surface area contributed by atoms with Gasteiger partial charge in [0.15, 0.2) is 0 Å². The van der Waals surface area contributed by atoms with Gasteiger partial charge in [-0.3, -0.25) is 14.5 Å². The van der Waals surface area contributed by atoms with Gasteiger partial charge in [-0.25, -0.2) is 4.39 Å². The number of carbonyl (C=O) groups is 2. The maximum absolute atomic E-state index is 12.6. The molecule has 1 aromatic rings. The highest BCUT2D eigenvalue weighted by Crippen LogP contribution is 2.30. The molecule has 2 rings (SSSR count). The van der Waals surface area contributed by atoms with Gasteiger partial charge in [-0.05, 0) is 24.3 Å². The lowest BCUT2D eigenvalue weighted by Gasteiger charge is -2.06. The highest BCUT2D eigenvalue weighted by atomic mass is 32.2. The van der Waals surface area contributed by atoms with Crippen LogP contribution in [-0.2, 0) is 9.59 Å². The molecule has 0 fully saturated rings. The second kappa shape index (κ2) is 4.09. The van der Waals surface area contributed by atoms with Gasteiger partial charge in [0.1, 0.15) is 5.82 Å². The van der Waals surface area contributed by atoms with Crippen LogP contribution in [0, 0.1) is 5.82 Å². The highest BCUT2D eigenvalue weighted by molar-refractivity contribution is 8.04. The molecule has 0 aromatic heterocycles. The van der Waals surface area contributed by atoms with Crippen molar-refractivity contribution in [1.29, 1.82) is 0 Å². The fourth-order valence-electron chi connectivity index (χ4n) is 1.24. The van der Waals surface area contributed by atoms with E-state index >= 15 is 0 Å². The number of rotatable bonds is 2. The number of carbonyl (C=O) groups excluding carboxylic acids is 2. The normalized spacial score (nSPS) is 15.6. The number of nitrogens with zero attached hydrogens (tertiary/aromatic N) is 1. The van der Waals surface area contributed by atoms with Gasteiger partial charge in [0.2, 0.25) is 0 Å². The SMILES string of the molecule is CN1C(=O)C=C(Sc2ccc(F)cc2)C1=O. The van der Waals surface area contributed by atoms with Gasteiger partial charge >= 0.3 is 0 Å². The molecule has 1 aromatic carbocycles. The molecule has 0 atom stereocenters. The summed E-state index contributed by atoms with van der Waals surface area (Å²) in [6, 6.07) is 5.76. The summed E-state index contributed by atoms with van der Waals surface area (Å²) in [5, 5.41) is 0. The molecule has 0 unspecified atom stereocenters. The fraction of sp³-hybridized carbons (Fsp3) is 0.0909. The zero-order chi connectivity index (χ0) is 11.7. The van der Waals surface area contributed by atoms with E-state index in [0.717, 1.165) is 21.6 Å². The number of benzene rings is 1. The van der Waals surface area contributed by atoms with Crippen LogP contribution in [0.4, 0.5) is 4.39 Å². The Morgan fingerprint density at radius 3 is 2.31 bits per heavy atom. The average molecular weight is 237 g/mol. The first-order valence-corrected chi connectivity index (χ1v) is 5.37. The second-order valence-electron chi connectivity index (χ2n) is 3.27. The van der Waals surface area contributed by atoms with Crippen molar-refractivity contribution in [3.63, 3.8) is 0 Å². The third-order valence-electron chi connectivity index (χ3n) is 2.14. The average Bonchev–Trinajstić information content (AvgIpc) is 2.50. The summed E-state index contributed by atoms with van der Waals surface area (Å²) in [6.07, 6.45) is 1.29. The van der Waals surface area contributed by atoms with Crippen molar-refractivity contribution in [3.05, 3.63) is 41.1 Å². The van der Waals surface area contributed by atoms with Gasteiger partial charge in [-0.15, -0.1) is 0 Å². The molecule has 82 valence electrons. The molecule has 3 nitrogen and oxygen atoms in total. The number of hydrogen-bond donors (Lipinski definition) is 0. The third-order valence-corrected chi connectivity index (χ3v) is 3.16. The van der Waals surface area contributed by atoms with Crippen molar-refractivity contribution in [2.75, 3.05) is 7.05 Å². The smallest absolute Gasteiger partial charge is 0.267 e. The zero-order valence-corrected chi connectivity index (χ0v) is 9.25. The molecule has 1 heterocycles. The predicted octanol–water partition coefficient (Wildman–Crippen LogP) is 1.80. The minimum Gasteiger partial charge on any atom is -0.278 e. The standard InChI is InChI=1S/C11H8FNO2S/c1-13-10(14)6-9(11(13)15)16-8-4-2-7(12)3-5-8/h2-6H,1H3. The van der Waals surface area contributed by atoms with Crippen molar-refractivity contribution < 1.29 is 14.0 Å². The number of imide groups is 1. The van der Waals surface area contributed by atoms with Crippen molar-refractivity contribution >= 4 is 23.6 Å². The summed E-state index contributed by atoms with van der Waals surface area (Å²) >= 11 is 1.16. The molecule has 5 heteroatoms. The fourth-order valence-corrected chi connectivity index (χ4v) is 2.15. The second-order valence-corrected chi connectivity index (χ2v) is 4.38. The number of thioether (sulfide) groups is 1. The van der Waals surface area contributed by atoms with E-state index in [2.05, 4.69) is 0 Å². The first-order chi connectivity index (χ1) is 7.58. The molecule has 1 aliphatic heterocycles. The van der Waals surface area contributed by atoms with Crippen LogP contribution < -0.4 is 0 Å². The van der Waals surface area contributed by atoms with E-state index in [9.17, 15) is 14.0 Å². The Labute approximate surface area is 95.9 Å². The Morgan fingerprint density at radius 2 is 1.81 bits per heavy atom. The Morgan fingerprint density at radius 1 is 1.19 bits per heavy atom. The largest absolute Gasteiger partial charge is 0.278 e. The minimum atomic E-state index is -0.329.